The van der Waals surface area contributed by atoms with Crippen molar-refractivity contribution in [2.75, 3.05) is 23.9 Å². The first kappa shape index (κ1) is 28.5. The summed E-state index contributed by atoms with van der Waals surface area (Å²) in [6, 6.07) is 18.6. The minimum atomic E-state index is -0.817. The number of thiazole rings is 1. The van der Waals surface area contributed by atoms with E-state index in [2.05, 4.69) is 26.2 Å². The van der Waals surface area contributed by atoms with Crippen molar-refractivity contribution in [1.29, 1.82) is 0 Å². The zero-order chi connectivity index (χ0) is 29.5. The number of nitrogens with one attached hydrogen (secondary N) is 2. The van der Waals surface area contributed by atoms with Crippen molar-refractivity contribution in [3.8, 4) is 11.5 Å². The predicted octanol–water partition coefficient (Wildman–Crippen LogP) is 5.67. The summed E-state index contributed by atoms with van der Waals surface area (Å²) in [7, 11) is 1.54. The molecule has 0 saturated carbocycles. The van der Waals surface area contributed by atoms with Crippen LogP contribution in [0.15, 0.2) is 81.0 Å². The highest BCUT2D eigenvalue weighted by Crippen LogP contribution is 2.54. The Kier molecular flexibility index (Phi) is 7.88. The molecular weight excluding hydrogens is 666 g/mol. The fourth-order valence-electron chi connectivity index (χ4n) is 5.11. The zero-order valence-electron chi connectivity index (χ0n) is 21.8. The molecule has 3 aromatic carbocycles. The Morgan fingerprint density at radius 1 is 1.05 bits per heavy atom. The van der Waals surface area contributed by atoms with Crippen molar-refractivity contribution >= 4 is 79.7 Å². The molecule has 0 bridgehead atoms. The quantitative estimate of drug-likeness (QED) is 0.241. The average Bonchev–Trinajstić information content (AvgIpc) is 3.47. The summed E-state index contributed by atoms with van der Waals surface area (Å²) >= 11 is 11.6. The number of benzene rings is 3. The van der Waals surface area contributed by atoms with Crippen molar-refractivity contribution in [3.05, 3.63) is 96.3 Å². The van der Waals surface area contributed by atoms with Crippen molar-refractivity contribution in [1.82, 2.24) is 4.98 Å². The molecule has 9 nitrogen and oxygen atoms in total. The number of H-pyrrole nitrogens is 1. The Hall–Kier alpha value is -3.58. The third-order valence-corrected chi connectivity index (χ3v) is 10.1. The summed E-state index contributed by atoms with van der Waals surface area (Å²) in [6.07, 6.45) is 0. The number of hydrogen-bond acceptors (Lipinski definition) is 8. The van der Waals surface area contributed by atoms with E-state index in [0.29, 0.717) is 47.8 Å². The Balaban J connectivity index is 1.35. The number of anilines is 2. The maximum absolute atomic E-state index is 14.0. The number of aromatic amines is 1. The first-order chi connectivity index (χ1) is 20.2. The third kappa shape index (κ3) is 5.35. The minimum Gasteiger partial charge on any atom is -0.497 e. The molecule has 3 amide bonds. The lowest BCUT2D eigenvalue weighted by Gasteiger charge is -2.31. The maximum atomic E-state index is 14.0. The van der Waals surface area contributed by atoms with E-state index in [0.717, 1.165) is 11.3 Å². The number of rotatable bonds is 7. The first-order valence-corrected chi connectivity index (χ1v) is 15.5. The van der Waals surface area contributed by atoms with Gasteiger partial charge in [0.05, 0.1) is 23.7 Å². The van der Waals surface area contributed by atoms with E-state index < -0.39 is 23.0 Å². The molecule has 0 spiro atoms. The van der Waals surface area contributed by atoms with Crippen LogP contribution in [0, 0.1) is 5.92 Å². The molecule has 214 valence electrons. The Morgan fingerprint density at radius 2 is 1.79 bits per heavy atom. The van der Waals surface area contributed by atoms with Gasteiger partial charge in [-0.15, -0.1) is 0 Å². The number of fused-ring (bicyclic) bond motifs is 2. The summed E-state index contributed by atoms with van der Waals surface area (Å²) in [5.74, 6) is -1.69. The summed E-state index contributed by atoms with van der Waals surface area (Å²) < 4.78 is 11.9. The van der Waals surface area contributed by atoms with Crippen molar-refractivity contribution in [3.63, 3.8) is 0 Å². The number of ether oxygens (including phenoxy) is 2. The lowest BCUT2D eigenvalue weighted by Crippen LogP contribution is -2.32. The normalized spacial score (nSPS) is 19.3. The zero-order valence-corrected chi connectivity index (χ0v) is 25.7. The molecule has 6 rings (SSSR count). The molecule has 42 heavy (non-hydrogen) atoms. The van der Waals surface area contributed by atoms with Crippen LogP contribution in [-0.2, 0) is 14.4 Å². The number of nitrogens with zero attached hydrogens (tertiary/aromatic N) is 1. The molecule has 0 radical (unpaired) electrons. The number of thioether (sulfide) groups is 1. The second-order valence-electron chi connectivity index (χ2n) is 9.49. The van der Waals surface area contributed by atoms with Crippen LogP contribution in [0.3, 0.4) is 0 Å². The number of methoxy groups -OCH3 is 1. The number of halogens is 2. The van der Waals surface area contributed by atoms with Crippen LogP contribution in [0.4, 0.5) is 11.4 Å². The van der Waals surface area contributed by atoms with Crippen LogP contribution < -0.4 is 24.6 Å². The molecule has 3 atom stereocenters. The van der Waals surface area contributed by atoms with Gasteiger partial charge < -0.3 is 19.8 Å². The average molecular weight is 687 g/mol. The lowest BCUT2D eigenvalue weighted by atomic mass is 9.82. The van der Waals surface area contributed by atoms with Crippen LogP contribution in [0.5, 0.6) is 11.5 Å². The highest BCUT2D eigenvalue weighted by Gasteiger charge is 2.56. The van der Waals surface area contributed by atoms with Crippen LogP contribution in [0.1, 0.15) is 16.4 Å². The fourth-order valence-corrected chi connectivity index (χ4v) is 8.12. The molecule has 1 saturated heterocycles. The van der Waals surface area contributed by atoms with Gasteiger partial charge in [-0.3, -0.25) is 19.2 Å². The number of amides is 3. The number of carbonyl (C=O) groups excluding carboxylic acids is 3. The second kappa shape index (κ2) is 11.6. The smallest absolute Gasteiger partial charge is 0.305 e. The lowest BCUT2D eigenvalue weighted by molar-refractivity contribution is -0.122. The summed E-state index contributed by atoms with van der Waals surface area (Å²) in [5, 5.41) is 3.07. The highest BCUT2D eigenvalue weighted by atomic mass is 79.9. The van der Waals surface area contributed by atoms with E-state index >= 15 is 0 Å². The van der Waals surface area contributed by atoms with Gasteiger partial charge in [-0.2, -0.15) is 0 Å². The van der Waals surface area contributed by atoms with Crippen molar-refractivity contribution in [2.24, 2.45) is 5.92 Å². The summed E-state index contributed by atoms with van der Waals surface area (Å²) in [6.45, 7) is -0.312. The molecule has 1 fully saturated rings. The number of aromatic nitrogens is 1. The highest BCUT2D eigenvalue weighted by molar-refractivity contribution is 9.10. The minimum absolute atomic E-state index is 0.288. The van der Waals surface area contributed by atoms with Gasteiger partial charge in [0.15, 0.2) is 6.61 Å². The van der Waals surface area contributed by atoms with Gasteiger partial charge >= 0.3 is 4.87 Å². The van der Waals surface area contributed by atoms with E-state index in [-0.39, 0.29) is 23.3 Å². The van der Waals surface area contributed by atoms with Crippen molar-refractivity contribution in [2.45, 2.75) is 16.2 Å². The molecule has 1 aromatic heterocycles. The molecule has 4 aromatic rings. The molecule has 2 unspecified atom stereocenters. The standard InChI is InChI=1S/C29H21BrClN3O6S2/c1-39-18-9-7-17(8-10-18)34-27(36)23-22(24-26(33-29(38)42-24)41-25(23)28(34)37)19-12-14(30)2-11-20(19)40-13-21(35)32-16-5-3-15(31)4-6-16/h2-12,22-23,25H,13H2,1H3,(H,32,35)(H,33,38)/t22-,23?,25?/m1/s1. The molecule has 2 N–H and O–H groups in total. The number of hydrogen-bond donors (Lipinski definition) is 2. The van der Waals surface area contributed by atoms with Gasteiger partial charge in [0.25, 0.3) is 5.91 Å². The maximum Gasteiger partial charge on any atom is 0.305 e. The molecule has 3 heterocycles. The third-order valence-electron chi connectivity index (χ3n) is 6.95. The second-order valence-corrected chi connectivity index (χ2v) is 13.0. The molecular formula is C29H21BrClN3O6S2. The topological polar surface area (TPSA) is 118 Å². The van der Waals surface area contributed by atoms with Crippen LogP contribution in [0.2, 0.25) is 5.02 Å². The van der Waals surface area contributed by atoms with E-state index in [9.17, 15) is 19.2 Å². The van der Waals surface area contributed by atoms with Gasteiger partial charge in [-0.25, -0.2) is 4.90 Å². The van der Waals surface area contributed by atoms with Gasteiger partial charge in [-0.05, 0) is 66.7 Å². The monoisotopic (exact) mass is 685 g/mol. The van der Waals surface area contributed by atoms with Gasteiger partial charge in [0.1, 0.15) is 16.7 Å². The number of carbonyl (C=O) groups is 3. The Morgan fingerprint density at radius 3 is 2.50 bits per heavy atom. The van der Waals surface area contributed by atoms with Gasteiger partial charge in [-0.1, -0.05) is 50.6 Å². The van der Waals surface area contributed by atoms with E-state index in [1.165, 1.54) is 23.8 Å². The fraction of sp³-hybridized carbons (Fsp3) is 0.172. The van der Waals surface area contributed by atoms with E-state index in [4.69, 9.17) is 21.1 Å². The largest absolute Gasteiger partial charge is 0.497 e. The van der Waals surface area contributed by atoms with Crippen LogP contribution >= 0.6 is 50.6 Å². The molecule has 2 aliphatic rings. The Labute approximate surface area is 261 Å². The van der Waals surface area contributed by atoms with Gasteiger partial charge in [0, 0.05) is 31.5 Å². The van der Waals surface area contributed by atoms with E-state index in [1.807, 2.05) is 0 Å². The van der Waals surface area contributed by atoms with Crippen LogP contribution in [0.25, 0.3) is 0 Å². The summed E-state index contributed by atoms with van der Waals surface area (Å²) in [4.78, 5) is 57.3. The predicted molar refractivity (Wildman–Crippen MR) is 165 cm³/mol. The first-order valence-electron chi connectivity index (χ1n) is 12.6. The van der Waals surface area contributed by atoms with Crippen LogP contribution in [-0.4, -0.2) is 41.7 Å². The molecule has 13 heteroatoms. The van der Waals surface area contributed by atoms with Gasteiger partial charge in [0.2, 0.25) is 11.8 Å². The SMILES string of the molecule is COc1ccc(N2C(=O)C3Sc4[nH]c(=O)sc4[C@H](c4cc(Br)ccc4OCC(=O)Nc4ccc(Cl)cc4)C3C2=O)cc1. The molecule has 2 aliphatic heterocycles. The molecule has 0 aliphatic carbocycles. The van der Waals surface area contributed by atoms with E-state index in [1.54, 1.807) is 66.7 Å². The summed E-state index contributed by atoms with van der Waals surface area (Å²) in [5.41, 5.74) is 1.57. The number of imide groups is 1. The van der Waals surface area contributed by atoms with Crippen molar-refractivity contribution < 1.29 is 23.9 Å². The Bertz CT molecular complexity index is 1760.